The van der Waals surface area contributed by atoms with Crippen molar-refractivity contribution < 1.29 is 9.47 Å². The Bertz CT molecular complexity index is 671. The summed E-state index contributed by atoms with van der Waals surface area (Å²) in [6.07, 6.45) is 1.17. The van der Waals surface area contributed by atoms with Gasteiger partial charge in [0.25, 0.3) is 0 Å². The molecule has 0 radical (unpaired) electrons. The largest absolute Gasteiger partial charge is 0.459 e. The number of hydrogen-bond donors (Lipinski definition) is 0. The summed E-state index contributed by atoms with van der Waals surface area (Å²) in [5.74, 6) is 0.740. The van der Waals surface area contributed by atoms with Crippen LogP contribution in [0, 0.1) is 11.3 Å². The molecule has 1 aliphatic rings. The molecular weight excluding hydrogens is 250 g/mol. The van der Waals surface area contributed by atoms with Gasteiger partial charge in [0.05, 0.1) is 12.2 Å². The van der Waals surface area contributed by atoms with Gasteiger partial charge in [-0.1, -0.05) is 48.5 Å². The van der Waals surface area contributed by atoms with Gasteiger partial charge in [-0.05, 0) is 17.7 Å². The van der Waals surface area contributed by atoms with E-state index in [9.17, 15) is 5.26 Å². The molecule has 1 atom stereocenters. The summed E-state index contributed by atoms with van der Waals surface area (Å²) in [7, 11) is 0. The fraction of sp³-hybridized carbons (Fsp3) is 0.118. The molecule has 0 aromatic heterocycles. The van der Waals surface area contributed by atoms with E-state index < -0.39 is 6.29 Å². The smallest absolute Gasteiger partial charge is 0.237 e. The maximum Gasteiger partial charge on any atom is 0.237 e. The van der Waals surface area contributed by atoms with Crippen molar-refractivity contribution in [1.82, 2.24) is 0 Å². The van der Waals surface area contributed by atoms with E-state index in [1.165, 1.54) is 0 Å². The number of benzene rings is 2. The molecule has 0 spiro atoms. The van der Waals surface area contributed by atoms with Crippen LogP contribution in [-0.2, 0) is 11.3 Å². The first-order chi connectivity index (χ1) is 9.86. The van der Waals surface area contributed by atoms with Crippen LogP contribution in [0.3, 0.4) is 0 Å². The van der Waals surface area contributed by atoms with Crippen LogP contribution >= 0.6 is 0 Å². The highest BCUT2D eigenvalue weighted by Crippen LogP contribution is 2.29. The topological polar surface area (TPSA) is 42.2 Å². The number of nitrogens with zero attached hydrogens (tertiary/aromatic N) is 1. The SMILES string of the molecule is N#CC1=Cc2ccccc2OC1OCc1ccccc1. The Morgan fingerprint density at radius 1 is 1.05 bits per heavy atom. The van der Waals surface area contributed by atoms with Gasteiger partial charge in [0.1, 0.15) is 11.8 Å². The molecule has 0 saturated carbocycles. The highest BCUT2D eigenvalue weighted by molar-refractivity contribution is 5.65. The first-order valence-electron chi connectivity index (χ1n) is 6.40. The van der Waals surface area contributed by atoms with Gasteiger partial charge >= 0.3 is 0 Å². The molecule has 3 rings (SSSR count). The lowest BCUT2D eigenvalue weighted by Gasteiger charge is -2.24. The van der Waals surface area contributed by atoms with Crippen LogP contribution in [0.1, 0.15) is 11.1 Å². The van der Waals surface area contributed by atoms with E-state index in [-0.39, 0.29) is 0 Å². The predicted octanol–water partition coefficient (Wildman–Crippen LogP) is 3.53. The van der Waals surface area contributed by atoms with E-state index in [1.807, 2.05) is 60.7 Å². The monoisotopic (exact) mass is 263 g/mol. The molecule has 1 aliphatic heterocycles. The second-order valence-electron chi connectivity index (χ2n) is 4.50. The van der Waals surface area contributed by atoms with Gasteiger partial charge in [-0.25, -0.2) is 0 Å². The van der Waals surface area contributed by atoms with Gasteiger partial charge in [-0.2, -0.15) is 5.26 Å². The molecule has 1 heterocycles. The number of para-hydroxylation sites is 1. The van der Waals surface area contributed by atoms with Gasteiger partial charge in [-0.3, -0.25) is 0 Å². The lowest BCUT2D eigenvalue weighted by atomic mass is 10.1. The third kappa shape index (κ3) is 2.56. The summed E-state index contributed by atoms with van der Waals surface area (Å²) in [4.78, 5) is 0. The quantitative estimate of drug-likeness (QED) is 0.850. The molecule has 98 valence electrons. The lowest BCUT2D eigenvalue weighted by Crippen LogP contribution is -2.25. The van der Waals surface area contributed by atoms with Gasteiger partial charge in [-0.15, -0.1) is 0 Å². The van der Waals surface area contributed by atoms with Gasteiger partial charge in [0, 0.05) is 5.56 Å². The zero-order valence-corrected chi connectivity index (χ0v) is 10.8. The van der Waals surface area contributed by atoms with Gasteiger partial charge in [0.15, 0.2) is 0 Å². The zero-order chi connectivity index (χ0) is 13.8. The van der Waals surface area contributed by atoms with E-state index in [0.717, 1.165) is 16.9 Å². The maximum absolute atomic E-state index is 9.21. The molecule has 0 fully saturated rings. The third-order valence-electron chi connectivity index (χ3n) is 3.09. The molecule has 3 nitrogen and oxygen atoms in total. The van der Waals surface area contributed by atoms with E-state index >= 15 is 0 Å². The molecule has 0 amide bonds. The van der Waals surface area contributed by atoms with Crippen LogP contribution in [0.4, 0.5) is 0 Å². The molecule has 0 saturated heterocycles. The van der Waals surface area contributed by atoms with Crippen LogP contribution in [0.5, 0.6) is 5.75 Å². The Morgan fingerprint density at radius 3 is 2.60 bits per heavy atom. The van der Waals surface area contributed by atoms with E-state index in [1.54, 1.807) is 0 Å². The van der Waals surface area contributed by atoms with Crippen molar-refractivity contribution in [2.24, 2.45) is 0 Å². The van der Waals surface area contributed by atoms with E-state index in [4.69, 9.17) is 9.47 Å². The standard InChI is InChI=1S/C17H13NO2/c18-11-15-10-14-8-4-5-9-16(14)20-17(15)19-12-13-6-2-1-3-7-13/h1-10,17H,12H2. The van der Waals surface area contributed by atoms with Crippen molar-refractivity contribution in [2.75, 3.05) is 0 Å². The Hall–Kier alpha value is -2.57. The fourth-order valence-electron chi connectivity index (χ4n) is 2.08. The average molecular weight is 263 g/mol. The van der Waals surface area contributed by atoms with Crippen molar-refractivity contribution in [3.63, 3.8) is 0 Å². The summed E-state index contributed by atoms with van der Waals surface area (Å²) in [6, 6.07) is 19.6. The zero-order valence-electron chi connectivity index (χ0n) is 10.8. The minimum absolute atomic E-state index is 0.409. The molecular formula is C17H13NO2. The Labute approximate surface area is 117 Å². The van der Waals surface area contributed by atoms with Crippen molar-refractivity contribution in [2.45, 2.75) is 12.9 Å². The minimum atomic E-state index is -0.643. The van der Waals surface area contributed by atoms with E-state index in [2.05, 4.69) is 6.07 Å². The Balaban J connectivity index is 1.77. The van der Waals surface area contributed by atoms with E-state index in [0.29, 0.717) is 12.2 Å². The number of rotatable bonds is 3. The first kappa shape index (κ1) is 12.5. The van der Waals surface area contributed by atoms with Gasteiger partial charge < -0.3 is 9.47 Å². The van der Waals surface area contributed by atoms with Crippen LogP contribution < -0.4 is 4.74 Å². The molecule has 0 N–H and O–H groups in total. The normalized spacial score (nSPS) is 16.6. The molecule has 0 bridgehead atoms. The van der Waals surface area contributed by atoms with Crippen molar-refractivity contribution in [3.05, 3.63) is 71.3 Å². The molecule has 2 aromatic rings. The summed E-state index contributed by atoms with van der Waals surface area (Å²) in [6.45, 7) is 0.409. The predicted molar refractivity (Wildman–Crippen MR) is 75.7 cm³/mol. The second-order valence-corrected chi connectivity index (χ2v) is 4.50. The highest BCUT2D eigenvalue weighted by atomic mass is 16.7. The molecule has 20 heavy (non-hydrogen) atoms. The summed E-state index contributed by atoms with van der Waals surface area (Å²) >= 11 is 0. The Morgan fingerprint density at radius 2 is 1.80 bits per heavy atom. The molecule has 0 aliphatic carbocycles. The number of hydrogen-bond acceptors (Lipinski definition) is 3. The molecule has 1 unspecified atom stereocenters. The fourth-order valence-corrected chi connectivity index (χ4v) is 2.08. The summed E-state index contributed by atoms with van der Waals surface area (Å²) < 4.78 is 11.5. The summed E-state index contributed by atoms with van der Waals surface area (Å²) in [5.41, 5.74) is 2.44. The molecule has 2 aromatic carbocycles. The van der Waals surface area contributed by atoms with Crippen LogP contribution in [0.15, 0.2) is 60.2 Å². The van der Waals surface area contributed by atoms with Crippen molar-refractivity contribution >= 4 is 6.08 Å². The molecule has 3 heteroatoms. The van der Waals surface area contributed by atoms with Crippen molar-refractivity contribution in [3.8, 4) is 11.8 Å². The summed E-state index contributed by atoms with van der Waals surface area (Å²) in [5, 5.41) is 9.21. The number of fused-ring (bicyclic) bond motifs is 1. The van der Waals surface area contributed by atoms with Gasteiger partial charge in [0.2, 0.25) is 6.29 Å². The second kappa shape index (κ2) is 5.60. The minimum Gasteiger partial charge on any atom is -0.459 e. The maximum atomic E-state index is 9.21. The van der Waals surface area contributed by atoms with Crippen molar-refractivity contribution in [1.29, 1.82) is 5.26 Å². The van der Waals surface area contributed by atoms with Crippen LogP contribution in [0.2, 0.25) is 0 Å². The highest BCUT2D eigenvalue weighted by Gasteiger charge is 2.23. The number of nitriles is 1. The Kier molecular flexibility index (Phi) is 3.49. The first-order valence-corrected chi connectivity index (χ1v) is 6.40. The third-order valence-corrected chi connectivity index (χ3v) is 3.09. The van der Waals surface area contributed by atoms with Crippen LogP contribution in [-0.4, -0.2) is 6.29 Å². The average Bonchev–Trinajstić information content (AvgIpc) is 2.53. The van der Waals surface area contributed by atoms with Crippen LogP contribution in [0.25, 0.3) is 6.08 Å². The lowest BCUT2D eigenvalue weighted by molar-refractivity contribution is -0.0617. The number of ether oxygens (including phenoxy) is 2.